The lowest BCUT2D eigenvalue weighted by atomic mass is 9.78. The number of carbonyl (C=O) groups is 2. The molecule has 0 spiro atoms. The smallest absolute Gasteiger partial charge is 0.426 e. The van der Waals surface area contributed by atoms with Gasteiger partial charge in [-0.2, -0.15) is 0 Å². The zero-order valence-corrected chi connectivity index (χ0v) is 15.4. The molecule has 0 unspecified atom stereocenters. The fraction of sp³-hybridized carbons (Fsp3) is 0.182. The van der Waals surface area contributed by atoms with Crippen molar-refractivity contribution >= 4 is 12.1 Å². The fourth-order valence-electron chi connectivity index (χ4n) is 2.53. The molecule has 0 N–H and O–H groups in total. The maximum Gasteiger partial charge on any atom is 0.518 e. The van der Waals surface area contributed by atoms with Crippen molar-refractivity contribution in [3.63, 3.8) is 0 Å². The molecule has 2 rings (SSSR count). The summed E-state index contributed by atoms with van der Waals surface area (Å²) in [6.07, 6.45) is 1.85. The van der Waals surface area contributed by atoms with Crippen molar-refractivity contribution in [1.29, 1.82) is 0 Å². The van der Waals surface area contributed by atoms with Crippen LogP contribution in [0.1, 0.15) is 31.4 Å². The molecule has 0 bridgehead atoms. The highest BCUT2D eigenvalue weighted by atomic mass is 16.7. The lowest BCUT2D eigenvalue weighted by molar-refractivity contribution is -0.133. The molecule has 0 aliphatic carbocycles. The van der Waals surface area contributed by atoms with Crippen LogP contribution in [0.3, 0.4) is 0 Å². The second kappa shape index (κ2) is 8.85. The number of hydrogen-bond acceptors (Lipinski definition) is 5. The number of ether oxygens (including phenoxy) is 3. The van der Waals surface area contributed by atoms with Gasteiger partial charge in [0.25, 0.3) is 0 Å². The molecule has 27 heavy (non-hydrogen) atoms. The monoisotopic (exact) mass is 366 g/mol. The van der Waals surface area contributed by atoms with Crippen LogP contribution in [0.5, 0.6) is 11.5 Å². The highest BCUT2D eigenvalue weighted by Gasteiger charge is 2.23. The molecule has 2 aromatic rings. The van der Waals surface area contributed by atoms with E-state index in [0.717, 1.165) is 17.4 Å². The number of rotatable bonds is 7. The number of hydrogen-bond donors (Lipinski definition) is 0. The van der Waals surface area contributed by atoms with Crippen LogP contribution in [-0.4, -0.2) is 12.1 Å². The predicted octanol–water partition coefficient (Wildman–Crippen LogP) is 5.15. The van der Waals surface area contributed by atoms with Crippen LogP contribution in [-0.2, 0) is 14.9 Å². The summed E-state index contributed by atoms with van der Waals surface area (Å²) >= 11 is 0. The molecule has 0 atom stereocenters. The molecule has 2 aromatic carbocycles. The molecule has 140 valence electrons. The van der Waals surface area contributed by atoms with Gasteiger partial charge in [-0.15, -0.1) is 6.58 Å². The lowest BCUT2D eigenvalue weighted by Gasteiger charge is -2.26. The third-order valence-electron chi connectivity index (χ3n) is 4.08. The summed E-state index contributed by atoms with van der Waals surface area (Å²) in [6.45, 7) is 11.0. The normalized spacial score (nSPS) is 10.6. The van der Waals surface area contributed by atoms with Gasteiger partial charge in [0.2, 0.25) is 0 Å². The SMILES string of the molecule is C=CCC(=O)Oc1ccc(C(C)(C)c2ccc(OC(=O)OC=C)cc2)cc1. The second-order valence-corrected chi connectivity index (χ2v) is 6.28. The van der Waals surface area contributed by atoms with E-state index in [4.69, 9.17) is 9.47 Å². The lowest BCUT2D eigenvalue weighted by Crippen LogP contribution is -2.19. The van der Waals surface area contributed by atoms with Crippen LogP contribution in [0.25, 0.3) is 0 Å². The van der Waals surface area contributed by atoms with E-state index in [-0.39, 0.29) is 17.8 Å². The van der Waals surface area contributed by atoms with E-state index in [1.165, 1.54) is 6.08 Å². The first-order valence-electron chi connectivity index (χ1n) is 8.39. The Balaban J connectivity index is 2.12. The molecule has 0 saturated heterocycles. The Morgan fingerprint density at radius 3 is 1.81 bits per heavy atom. The van der Waals surface area contributed by atoms with Gasteiger partial charge in [-0.25, -0.2) is 4.79 Å². The Morgan fingerprint density at radius 2 is 1.37 bits per heavy atom. The predicted molar refractivity (Wildman–Crippen MR) is 103 cm³/mol. The van der Waals surface area contributed by atoms with Gasteiger partial charge in [-0.05, 0) is 35.4 Å². The molecule has 0 saturated carbocycles. The van der Waals surface area contributed by atoms with Crippen LogP contribution in [0.2, 0.25) is 0 Å². The molecule has 0 heterocycles. The van der Waals surface area contributed by atoms with E-state index in [2.05, 4.69) is 31.7 Å². The van der Waals surface area contributed by atoms with Crippen LogP contribution in [0.15, 0.2) is 74.0 Å². The molecule has 0 amide bonds. The number of carbonyl (C=O) groups excluding carboxylic acids is 2. The summed E-state index contributed by atoms with van der Waals surface area (Å²) < 4.78 is 14.8. The van der Waals surface area contributed by atoms with E-state index in [0.29, 0.717) is 11.5 Å². The highest BCUT2D eigenvalue weighted by molar-refractivity contribution is 5.73. The van der Waals surface area contributed by atoms with Crippen LogP contribution < -0.4 is 9.47 Å². The molecule has 0 fully saturated rings. The summed E-state index contributed by atoms with van der Waals surface area (Å²) in [4.78, 5) is 22.8. The molecule has 0 radical (unpaired) electrons. The summed E-state index contributed by atoms with van der Waals surface area (Å²) in [6, 6.07) is 14.5. The van der Waals surface area contributed by atoms with Crippen molar-refractivity contribution < 1.29 is 23.8 Å². The molecule has 0 aromatic heterocycles. The van der Waals surface area contributed by atoms with Crippen LogP contribution in [0.4, 0.5) is 4.79 Å². The zero-order chi connectivity index (χ0) is 19.9. The number of esters is 1. The average Bonchev–Trinajstić information content (AvgIpc) is 2.63. The summed E-state index contributed by atoms with van der Waals surface area (Å²) in [5.41, 5.74) is 1.78. The molecule has 5 heteroatoms. The minimum atomic E-state index is -0.835. The second-order valence-electron chi connectivity index (χ2n) is 6.28. The van der Waals surface area contributed by atoms with Gasteiger partial charge in [0.15, 0.2) is 0 Å². The largest absolute Gasteiger partial charge is 0.518 e. The number of benzene rings is 2. The van der Waals surface area contributed by atoms with Gasteiger partial charge < -0.3 is 14.2 Å². The van der Waals surface area contributed by atoms with Gasteiger partial charge in [-0.3, -0.25) is 4.79 Å². The Bertz CT molecular complexity index is 747. The van der Waals surface area contributed by atoms with Crippen LogP contribution >= 0.6 is 0 Å². The minimum absolute atomic E-state index is 0.169. The Kier molecular flexibility index (Phi) is 6.55. The zero-order valence-electron chi connectivity index (χ0n) is 15.4. The Morgan fingerprint density at radius 1 is 0.889 bits per heavy atom. The molecular formula is C22H22O5. The highest BCUT2D eigenvalue weighted by Crippen LogP contribution is 2.33. The Labute approximate surface area is 158 Å². The van der Waals surface area contributed by atoms with Crippen molar-refractivity contribution in [3.05, 3.63) is 85.2 Å². The fourth-order valence-corrected chi connectivity index (χ4v) is 2.53. The van der Waals surface area contributed by atoms with Gasteiger partial charge >= 0.3 is 12.1 Å². The van der Waals surface area contributed by atoms with Gasteiger partial charge in [0.05, 0.1) is 12.7 Å². The molecule has 0 aliphatic rings. The Hall–Kier alpha value is -3.34. The van der Waals surface area contributed by atoms with Crippen molar-refractivity contribution in [3.8, 4) is 11.5 Å². The first-order chi connectivity index (χ1) is 12.9. The average molecular weight is 366 g/mol. The van der Waals surface area contributed by atoms with E-state index >= 15 is 0 Å². The molecule has 0 aliphatic heterocycles. The third-order valence-corrected chi connectivity index (χ3v) is 4.08. The van der Waals surface area contributed by atoms with E-state index < -0.39 is 6.16 Å². The quantitative estimate of drug-likeness (QED) is 0.223. The maximum absolute atomic E-state index is 11.5. The minimum Gasteiger partial charge on any atom is -0.426 e. The van der Waals surface area contributed by atoms with Crippen molar-refractivity contribution in [2.75, 3.05) is 0 Å². The van der Waals surface area contributed by atoms with Gasteiger partial charge in [-0.1, -0.05) is 50.8 Å². The maximum atomic E-state index is 11.5. The van der Waals surface area contributed by atoms with Crippen molar-refractivity contribution in [2.45, 2.75) is 25.7 Å². The standard InChI is InChI=1S/C22H22O5/c1-5-7-20(23)26-18-12-8-16(9-13-18)22(3,4)17-10-14-19(15-11-17)27-21(24)25-6-2/h5-6,8-15H,1-2,7H2,3-4H3. The van der Waals surface area contributed by atoms with Gasteiger partial charge in [0, 0.05) is 5.41 Å². The summed E-state index contributed by atoms with van der Waals surface area (Å²) in [5, 5.41) is 0. The third kappa shape index (κ3) is 5.31. The van der Waals surface area contributed by atoms with E-state index in [9.17, 15) is 9.59 Å². The first-order valence-corrected chi connectivity index (χ1v) is 8.39. The molecule has 5 nitrogen and oxygen atoms in total. The first kappa shape index (κ1) is 20.0. The van der Waals surface area contributed by atoms with Crippen molar-refractivity contribution in [2.24, 2.45) is 0 Å². The van der Waals surface area contributed by atoms with Crippen LogP contribution in [0, 0.1) is 0 Å². The summed E-state index contributed by atoms with van der Waals surface area (Å²) in [5.74, 6) is 0.527. The van der Waals surface area contributed by atoms with Crippen molar-refractivity contribution in [1.82, 2.24) is 0 Å². The topological polar surface area (TPSA) is 61.8 Å². The van der Waals surface area contributed by atoms with E-state index in [1.54, 1.807) is 24.3 Å². The van der Waals surface area contributed by atoms with E-state index in [1.807, 2.05) is 24.3 Å². The van der Waals surface area contributed by atoms with Gasteiger partial charge in [0.1, 0.15) is 11.5 Å². The summed E-state index contributed by atoms with van der Waals surface area (Å²) in [7, 11) is 0. The molecular weight excluding hydrogens is 344 g/mol.